The topological polar surface area (TPSA) is 74.0 Å². The largest absolute Gasteiger partial charge is 0.338 e. The Morgan fingerprint density at radius 3 is 2.56 bits per heavy atom. The minimum atomic E-state index is 0. The molecule has 0 spiro atoms. The van der Waals surface area contributed by atoms with Gasteiger partial charge in [0.05, 0.1) is 23.7 Å². The van der Waals surface area contributed by atoms with Crippen molar-refractivity contribution >= 4 is 18.3 Å². The van der Waals surface area contributed by atoms with Crippen LogP contribution in [0.15, 0.2) is 67.1 Å². The number of hydrogen-bond acceptors (Lipinski definition) is 4. The number of nitrogens with zero attached hydrogens (tertiary/aromatic N) is 4. The van der Waals surface area contributed by atoms with E-state index in [1.165, 1.54) is 5.56 Å². The lowest BCUT2D eigenvalue weighted by atomic mass is 10.0. The number of amides is 1. The number of nitriles is 1. The molecule has 0 aliphatic carbocycles. The Hall–Kier alpha value is -3.14. The molecular weight excluding hydrogens is 446 g/mol. The first kappa shape index (κ1) is 25.5. The number of likely N-dealkylation sites (tertiary alicyclic amines) is 1. The average molecular weight is 478 g/mol. The lowest BCUT2D eigenvalue weighted by Crippen LogP contribution is -2.27. The molecule has 2 heterocycles. The Labute approximate surface area is 208 Å². The Balaban J connectivity index is 0.00000324. The van der Waals surface area contributed by atoms with E-state index in [1.807, 2.05) is 59.9 Å². The molecule has 1 saturated heterocycles. The van der Waals surface area contributed by atoms with Gasteiger partial charge in [-0.3, -0.25) is 4.79 Å². The summed E-state index contributed by atoms with van der Waals surface area (Å²) in [6, 6.07) is 20.1. The Morgan fingerprint density at radius 2 is 1.79 bits per heavy atom. The maximum Gasteiger partial charge on any atom is 0.226 e. The standard InChI is InChI=1S/C27H31N5O.ClH/c28-16-22-9-11-24(12-10-22)20-32-21-30-18-26(32)17-29-14-5-4-8-25-13-15-31(27(25)33)19-23-6-2-1-3-7-23;/h1-3,6-7,9-12,18,21,25,29H,4-5,8,13-15,17,19-20H2;1H. The third-order valence-electron chi connectivity index (χ3n) is 6.32. The van der Waals surface area contributed by atoms with Gasteiger partial charge in [-0.2, -0.15) is 5.26 Å². The molecular formula is C27H32ClN5O. The highest BCUT2D eigenvalue weighted by molar-refractivity contribution is 5.85. The minimum Gasteiger partial charge on any atom is -0.338 e. The fourth-order valence-electron chi connectivity index (χ4n) is 4.41. The monoisotopic (exact) mass is 477 g/mol. The zero-order chi connectivity index (χ0) is 22.9. The van der Waals surface area contributed by atoms with Crippen molar-refractivity contribution in [2.45, 2.75) is 45.3 Å². The number of benzene rings is 2. The smallest absolute Gasteiger partial charge is 0.226 e. The van der Waals surface area contributed by atoms with Crippen LogP contribution in [0.2, 0.25) is 0 Å². The second-order valence-electron chi connectivity index (χ2n) is 8.73. The molecule has 0 bridgehead atoms. The second-order valence-corrected chi connectivity index (χ2v) is 8.73. The number of imidazole rings is 1. The molecule has 0 radical (unpaired) electrons. The van der Waals surface area contributed by atoms with E-state index in [2.05, 4.69) is 33.1 Å². The van der Waals surface area contributed by atoms with Crippen LogP contribution in [0.25, 0.3) is 0 Å². The van der Waals surface area contributed by atoms with Crippen LogP contribution in [0.1, 0.15) is 48.1 Å². The van der Waals surface area contributed by atoms with Crippen LogP contribution < -0.4 is 5.32 Å². The lowest BCUT2D eigenvalue weighted by Gasteiger charge is -2.17. The maximum absolute atomic E-state index is 12.7. The summed E-state index contributed by atoms with van der Waals surface area (Å²) < 4.78 is 2.13. The van der Waals surface area contributed by atoms with Gasteiger partial charge in [0.1, 0.15) is 0 Å². The zero-order valence-electron chi connectivity index (χ0n) is 19.4. The van der Waals surface area contributed by atoms with Gasteiger partial charge in [0, 0.05) is 38.3 Å². The van der Waals surface area contributed by atoms with Crippen molar-refractivity contribution < 1.29 is 4.79 Å². The van der Waals surface area contributed by atoms with Gasteiger partial charge >= 0.3 is 0 Å². The van der Waals surface area contributed by atoms with Crippen LogP contribution in [-0.2, 0) is 24.4 Å². The van der Waals surface area contributed by atoms with Crippen LogP contribution in [0.5, 0.6) is 0 Å². The van der Waals surface area contributed by atoms with Crippen molar-refractivity contribution in [1.82, 2.24) is 19.8 Å². The quantitative estimate of drug-likeness (QED) is 0.411. The third-order valence-corrected chi connectivity index (χ3v) is 6.32. The van der Waals surface area contributed by atoms with Crippen molar-refractivity contribution in [2.24, 2.45) is 5.92 Å². The molecule has 1 fully saturated rings. The Kier molecular flexibility index (Phi) is 9.69. The molecule has 4 rings (SSSR count). The Morgan fingerprint density at radius 1 is 1.03 bits per heavy atom. The summed E-state index contributed by atoms with van der Waals surface area (Å²) in [6.07, 6.45) is 7.83. The number of halogens is 1. The van der Waals surface area contributed by atoms with E-state index in [0.717, 1.165) is 69.7 Å². The summed E-state index contributed by atoms with van der Waals surface area (Å²) in [4.78, 5) is 19.0. The first-order chi connectivity index (χ1) is 16.2. The third kappa shape index (κ3) is 6.93. The number of carbonyl (C=O) groups excluding carboxylic acids is 1. The maximum atomic E-state index is 12.7. The Bertz CT molecular complexity index is 1070. The first-order valence-corrected chi connectivity index (χ1v) is 11.7. The molecule has 1 amide bonds. The van der Waals surface area contributed by atoms with E-state index in [4.69, 9.17) is 5.26 Å². The van der Waals surface area contributed by atoms with E-state index in [-0.39, 0.29) is 18.3 Å². The summed E-state index contributed by atoms with van der Waals surface area (Å²) in [5, 5.41) is 12.4. The average Bonchev–Trinajstić information content (AvgIpc) is 3.43. The molecule has 1 aliphatic rings. The molecule has 34 heavy (non-hydrogen) atoms. The molecule has 1 unspecified atom stereocenters. The first-order valence-electron chi connectivity index (χ1n) is 11.7. The summed E-state index contributed by atoms with van der Waals surface area (Å²) in [5.74, 6) is 0.501. The molecule has 2 aromatic carbocycles. The van der Waals surface area contributed by atoms with Gasteiger partial charge in [-0.05, 0) is 49.1 Å². The SMILES string of the molecule is Cl.N#Cc1ccc(Cn2cncc2CNCCCCC2CCN(Cc3ccccc3)C2=O)cc1. The van der Waals surface area contributed by atoms with Gasteiger partial charge in [-0.25, -0.2) is 4.98 Å². The number of nitrogens with one attached hydrogen (secondary N) is 1. The van der Waals surface area contributed by atoms with E-state index in [9.17, 15) is 4.79 Å². The number of hydrogen-bond donors (Lipinski definition) is 1. The molecule has 1 atom stereocenters. The van der Waals surface area contributed by atoms with Gasteiger partial charge in [0.15, 0.2) is 0 Å². The zero-order valence-corrected chi connectivity index (χ0v) is 20.2. The molecule has 1 N–H and O–H groups in total. The summed E-state index contributed by atoms with van der Waals surface area (Å²) in [7, 11) is 0. The van der Waals surface area contributed by atoms with E-state index in [1.54, 1.807) is 0 Å². The van der Waals surface area contributed by atoms with Crippen LogP contribution >= 0.6 is 12.4 Å². The van der Waals surface area contributed by atoms with Crippen LogP contribution in [0.3, 0.4) is 0 Å². The number of rotatable bonds is 11. The van der Waals surface area contributed by atoms with Crippen molar-refractivity contribution in [3.63, 3.8) is 0 Å². The lowest BCUT2D eigenvalue weighted by molar-refractivity contribution is -0.131. The highest BCUT2D eigenvalue weighted by atomic mass is 35.5. The van der Waals surface area contributed by atoms with Gasteiger partial charge < -0.3 is 14.8 Å². The van der Waals surface area contributed by atoms with Crippen molar-refractivity contribution in [1.29, 1.82) is 5.26 Å². The van der Waals surface area contributed by atoms with Gasteiger partial charge in [-0.15, -0.1) is 12.4 Å². The van der Waals surface area contributed by atoms with E-state index >= 15 is 0 Å². The molecule has 3 aromatic rings. The van der Waals surface area contributed by atoms with Crippen molar-refractivity contribution in [3.8, 4) is 6.07 Å². The number of carbonyl (C=O) groups is 1. The summed E-state index contributed by atoms with van der Waals surface area (Å²) in [6.45, 7) is 4.04. The highest BCUT2D eigenvalue weighted by Crippen LogP contribution is 2.24. The predicted molar refractivity (Wildman–Crippen MR) is 135 cm³/mol. The number of aromatic nitrogens is 2. The summed E-state index contributed by atoms with van der Waals surface area (Å²) in [5.41, 5.74) is 4.17. The second kappa shape index (κ2) is 12.9. The fraction of sp³-hybridized carbons (Fsp3) is 0.370. The molecule has 178 valence electrons. The van der Waals surface area contributed by atoms with E-state index in [0.29, 0.717) is 11.5 Å². The minimum absolute atomic E-state index is 0. The fourth-order valence-corrected chi connectivity index (χ4v) is 4.41. The molecule has 1 aliphatic heterocycles. The summed E-state index contributed by atoms with van der Waals surface area (Å²) >= 11 is 0. The van der Waals surface area contributed by atoms with Crippen LogP contribution in [-0.4, -0.2) is 33.4 Å². The molecule has 1 aromatic heterocycles. The normalized spacial score (nSPS) is 15.2. The molecule has 7 heteroatoms. The van der Waals surface area contributed by atoms with E-state index < -0.39 is 0 Å². The van der Waals surface area contributed by atoms with Crippen molar-refractivity contribution in [3.05, 3.63) is 89.5 Å². The molecule has 6 nitrogen and oxygen atoms in total. The highest BCUT2D eigenvalue weighted by Gasteiger charge is 2.30. The number of unbranched alkanes of at least 4 members (excludes halogenated alkanes) is 1. The van der Waals surface area contributed by atoms with Gasteiger partial charge in [0.25, 0.3) is 0 Å². The predicted octanol–water partition coefficient (Wildman–Crippen LogP) is 4.53. The van der Waals surface area contributed by atoms with Gasteiger partial charge in [0.2, 0.25) is 5.91 Å². The van der Waals surface area contributed by atoms with Gasteiger partial charge in [-0.1, -0.05) is 48.9 Å². The van der Waals surface area contributed by atoms with Crippen LogP contribution in [0, 0.1) is 17.2 Å². The van der Waals surface area contributed by atoms with Crippen molar-refractivity contribution in [2.75, 3.05) is 13.1 Å². The van der Waals surface area contributed by atoms with Crippen LogP contribution in [0.4, 0.5) is 0 Å². The molecule has 0 saturated carbocycles.